The molecule has 0 amide bonds. The number of aromatic nitrogens is 3. The fourth-order valence-corrected chi connectivity index (χ4v) is 3.39. The maximum absolute atomic E-state index is 5.68. The van der Waals surface area contributed by atoms with E-state index in [9.17, 15) is 0 Å². The van der Waals surface area contributed by atoms with E-state index in [0.717, 1.165) is 50.2 Å². The summed E-state index contributed by atoms with van der Waals surface area (Å²) in [5.74, 6) is 2.31. The molecule has 1 atom stereocenters. The molecule has 134 valence electrons. The number of nitrogens with zero attached hydrogens (tertiary/aromatic N) is 4. The van der Waals surface area contributed by atoms with Crippen molar-refractivity contribution in [2.75, 3.05) is 19.8 Å². The third-order valence-corrected chi connectivity index (χ3v) is 5.01. The van der Waals surface area contributed by atoms with Crippen LogP contribution in [0.5, 0.6) is 0 Å². The fourth-order valence-electron chi connectivity index (χ4n) is 3.39. The molecular formula is C19H26N4O2. The maximum atomic E-state index is 5.68. The van der Waals surface area contributed by atoms with Crippen LogP contribution >= 0.6 is 0 Å². The first kappa shape index (κ1) is 16.7. The van der Waals surface area contributed by atoms with Gasteiger partial charge in [-0.05, 0) is 49.8 Å². The summed E-state index contributed by atoms with van der Waals surface area (Å²) in [7, 11) is 0. The van der Waals surface area contributed by atoms with Gasteiger partial charge in [-0.15, -0.1) is 0 Å². The second-order valence-corrected chi connectivity index (χ2v) is 7.16. The van der Waals surface area contributed by atoms with Gasteiger partial charge in [-0.2, -0.15) is 4.98 Å². The molecule has 3 heterocycles. The first-order valence-electron chi connectivity index (χ1n) is 9.41. The first-order chi connectivity index (χ1) is 12.4. The van der Waals surface area contributed by atoms with Crippen LogP contribution in [0.1, 0.15) is 55.4 Å². The van der Waals surface area contributed by atoms with Crippen molar-refractivity contribution in [3.63, 3.8) is 0 Å². The minimum absolute atomic E-state index is 0.211. The van der Waals surface area contributed by atoms with Gasteiger partial charge in [0.1, 0.15) is 0 Å². The van der Waals surface area contributed by atoms with Gasteiger partial charge in [0.15, 0.2) is 5.82 Å². The summed E-state index contributed by atoms with van der Waals surface area (Å²) >= 11 is 0. The van der Waals surface area contributed by atoms with E-state index in [1.807, 2.05) is 18.5 Å². The Labute approximate surface area is 148 Å². The van der Waals surface area contributed by atoms with Crippen molar-refractivity contribution in [3.8, 4) is 0 Å². The Bertz CT molecular complexity index is 656. The Kier molecular flexibility index (Phi) is 5.37. The lowest BCUT2D eigenvalue weighted by Crippen LogP contribution is -2.33. The predicted molar refractivity (Wildman–Crippen MR) is 92.8 cm³/mol. The molecule has 1 aliphatic carbocycles. The van der Waals surface area contributed by atoms with Gasteiger partial charge in [0.05, 0.1) is 12.6 Å². The van der Waals surface area contributed by atoms with Gasteiger partial charge in [0.2, 0.25) is 5.89 Å². The molecule has 0 aromatic carbocycles. The van der Waals surface area contributed by atoms with Crippen LogP contribution < -0.4 is 0 Å². The number of piperidine rings is 1. The molecule has 1 aliphatic heterocycles. The molecule has 1 saturated heterocycles. The number of likely N-dealkylation sites (tertiary alicyclic amines) is 1. The van der Waals surface area contributed by atoms with E-state index in [1.54, 1.807) is 0 Å². The topological polar surface area (TPSA) is 64.3 Å². The second kappa shape index (κ2) is 8.06. The Morgan fingerprint density at radius 2 is 2.20 bits per heavy atom. The summed E-state index contributed by atoms with van der Waals surface area (Å²) in [6.07, 6.45) is 10.6. The summed E-state index contributed by atoms with van der Waals surface area (Å²) in [6.45, 7) is 3.49. The number of ether oxygens (including phenoxy) is 1. The van der Waals surface area contributed by atoms with Crippen molar-refractivity contribution in [2.24, 2.45) is 5.92 Å². The highest BCUT2D eigenvalue weighted by Gasteiger charge is 2.29. The molecule has 1 unspecified atom stereocenters. The molecular weight excluding hydrogens is 316 g/mol. The molecule has 25 heavy (non-hydrogen) atoms. The van der Waals surface area contributed by atoms with Gasteiger partial charge in [-0.25, -0.2) is 0 Å². The quantitative estimate of drug-likeness (QED) is 0.687. The van der Waals surface area contributed by atoms with Crippen molar-refractivity contribution in [1.29, 1.82) is 0 Å². The third-order valence-electron chi connectivity index (χ3n) is 5.01. The van der Waals surface area contributed by atoms with Gasteiger partial charge >= 0.3 is 0 Å². The van der Waals surface area contributed by atoms with Gasteiger partial charge in [-0.1, -0.05) is 17.6 Å². The smallest absolute Gasteiger partial charge is 0.244 e. The van der Waals surface area contributed by atoms with E-state index in [-0.39, 0.29) is 6.04 Å². The zero-order chi connectivity index (χ0) is 16.9. The second-order valence-electron chi connectivity index (χ2n) is 7.16. The molecule has 0 bridgehead atoms. The Balaban J connectivity index is 1.34. The van der Waals surface area contributed by atoms with Crippen LogP contribution in [-0.4, -0.2) is 39.8 Å². The highest BCUT2D eigenvalue weighted by molar-refractivity contribution is 5.09. The fraction of sp³-hybridized carbons (Fsp3) is 0.632. The van der Waals surface area contributed by atoms with E-state index < -0.39 is 0 Å². The molecule has 6 nitrogen and oxygen atoms in total. The minimum Gasteiger partial charge on any atom is -0.381 e. The number of rotatable bonds is 8. The van der Waals surface area contributed by atoms with Crippen molar-refractivity contribution in [1.82, 2.24) is 20.0 Å². The number of pyridine rings is 1. The number of hydrogen-bond donors (Lipinski definition) is 0. The van der Waals surface area contributed by atoms with Crippen molar-refractivity contribution < 1.29 is 9.26 Å². The molecule has 0 radical (unpaired) electrons. The molecule has 1 saturated carbocycles. The zero-order valence-corrected chi connectivity index (χ0v) is 14.6. The Hall–Kier alpha value is -1.79. The van der Waals surface area contributed by atoms with Crippen LogP contribution in [0.15, 0.2) is 29.0 Å². The molecule has 6 heteroatoms. The van der Waals surface area contributed by atoms with Crippen LogP contribution in [0.2, 0.25) is 0 Å². The Morgan fingerprint density at radius 1 is 1.24 bits per heavy atom. The monoisotopic (exact) mass is 342 g/mol. The van der Waals surface area contributed by atoms with Crippen LogP contribution in [0.25, 0.3) is 0 Å². The van der Waals surface area contributed by atoms with E-state index >= 15 is 0 Å². The van der Waals surface area contributed by atoms with E-state index in [0.29, 0.717) is 6.61 Å². The SMILES string of the molecule is c1cncc(CN2CCCCC2c2nc(CCOCC3CC3)no2)c1. The third kappa shape index (κ3) is 4.64. The predicted octanol–water partition coefficient (Wildman–Crippen LogP) is 3.16. The normalized spacial score (nSPS) is 21.5. The van der Waals surface area contributed by atoms with Crippen molar-refractivity contribution in [2.45, 2.75) is 51.1 Å². The minimum atomic E-state index is 0.211. The molecule has 2 aliphatic rings. The molecule has 2 aromatic rings. The summed E-state index contributed by atoms with van der Waals surface area (Å²) in [6, 6.07) is 4.32. The van der Waals surface area contributed by atoms with Crippen LogP contribution in [-0.2, 0) is 17.7 Å². The van der Waals surface area contributed by atoms with E-state index in [4.69, 9.17) is 9.26 Å². The van der Waals surface area contributed by atoms with Gasteiger partial charge in [0.25, 0.3) is 0 Å². The van der Waals surface area contributed by atoms with E-state index in [1.165, 1.54) is 31.2 Å². The number of hydrogen-bond acceptors (Lipinski definition) is 6. The Morgan fingerprint density at radius 3 is 3.04 bits per heavy atom. The first-order valence-corrected chi connectivity index (χ1v) is 9.41. The van der Waals surface area contributed by atoms with Crippen LogP contribution in [0, 0.1) is 5.92 Å². The molecule has 4 rings (SSSR count). The average Bonchev–Trinajstić information content (AvgIpc) is 3.36. The molecule has 0 N–H and O–H groups in total. The average molecular weight is 342 g/mol. The largest absolute Gasteiger partial charge is 0.381 e. The summed E-state index contributed by atoms with van der Waals surface area (Å²) in [4.78, 5) is 11.3. The van der Waals surface area contributed by atoms with Gasteiger partial charge in [-0.3, -0.25) is 9.88 Å². The molecule has 0 spiro atoms. The standard InChI is InChI=1S/C19H26N4O2/c1-2-10-23(13-16-4-3-9-20-12-16)17(5-1)19-21-18(22-25-19)8-11-24-14-15-6-7-15/h3-4,9,12,15,17H,1-2,5-8,10-11,13-14H2. The molecule has 2 fully saturated rings. The lowest BCUT2D eigenvalue weighted by Gasteiger charge is -2.33. The van der Waals surface area contributed by atoms with E-state index in [2.05, 4.69) is 26.1 Å². The van der Waals surface area contributed by atoms with Crippen molar-refractivity contribution in [3.05, 3.63) is 41.8 Å². The summed E-state index contributed by atoms with van der Waals surface area (Å²) in [5, 5.41) is 4.16. The molecule has 2 aromatic heterocycles. The van der Waals surface area contributed by atoms with Gasteiger partial charge < -0.3 is 9.26 Å². The van der Waals surface area contributed by atoms with Crippen LogP contribution in [0.3, 0.4) is 0 Å². The highest BCUT2D eigenvalue weighted by atomic mass is 16.5. The van der Waals surface area contributed by atoms with Crippen molar-refractivity contribution >= 4 is 0 Å². The lowest BCUT2D eigenvalue weighted by atomic mass is 10.0. The van der Waals surface area contributed by atoms with Crippen LogP contribution in [0.4, 0.5) is 0 Å². The summed E-state index contributed by atoms with van der Waals surface area (Å²) in [5.41, 5.74) is 1.22. The zero-order valence-electron chi connectivity index (χ0n) is 14.6. The maximum Gasteiger partial charge on any atom is 0.244 e. The lowest BCUT2D eigenvalue weighted by molar-refractivity contribution is 0.111. The summed E-state index contributed by atoms with van der Waals surface area (Å²) < 4.78 is 11.3. The highest BCUT2D eigenvalue weighted by Crippen LogP contribution is 2.31. The van der Waals surface area contributed by atoms with Gasteiger partial charge in [0, 0.05) is 32.0 Å².